The molecule has 3 N–H and O–H groups in total. The van der Waals surface area contributed by atoms with E-state index in [1.807, 2.05) is 6.92 Å². The molecule has 0 bridgehead atoms. The molecular weight excluding hydrogens is 480 g/mol. The lowest BCUT2D eigenvalue weighted by Gasteiger charge is -2.35. The van der Waals surface area contributed by atoms with Crippen LogP contribution in [0.4, 0.5) is 23.1 Å². The first-order chi connectivity index (χ1) is 17.3. The van der Waals surface area contributed by atoms with Gasteiger partial charge in [0, 0.05) is 37.9 Å². The molecule has 5 rings (SSSR count). The van der Waals surface area contributed by atoms with Gasteiger partial charge in [-0.1, -0.05) is 0 Å². The van der Waals surface area contributed by atoms with Gasteiger partial charge >= 0.3 is 0 Å². The normalized spacial score (nSPS) is 18.9. The Morgan fingerprint density at radius 1 is 1.03 bits per heavy atom. The minimum absolute atomic E-state index is 0.299. The number of hydrogen-bond acceptors (Lipinski definition) is 8. The van der Waals surface area contributed by atoms with Crippen molar-refractivity contribution in [2.24, 2.45) is 5.41 Å². The van der Waals surface area contributed by atoms with E-state index in [0.717, 1.165) is 57.6 Å². The number of carbonyl (C=O) groups is 1. The van der Waals surface area contributed by atoms with Crippen molar-refractivity contribution >= 4 is 39.1 Å². The van der Waals surface area contributed by atoms with Crippen molar-refractivity contribution in [1.29, 1.82) is 0 Å². The fraction of sp³-hybridized carbons (Fsp3) is 0.560. The highest BCUT2D eigenvalue weighted by Crippen LogP contribution is 2.54. The maximum Gasteiger partial charge on any atom is 0.258 e. The van der Waals surface area contributed by atoms with E-state index in [1.165, 1.54) is 12.8 Å². The number of aliphatic hydroxyl groups excluding tert-OH is 1. The first kappa shape index (κ1) is 24.8. The zero-order chi connectivity index (χ0) is 25.3. The second kappa shape index (κ2) is 9.85. The summed E-state index contributed by atoms with van der Waals surface area (Å²) in [4.78, 5) is 26.9. The molecule has 0 unspecified atom stereocenters. The van der Waals surface area contributed by atoms with E-state index in [1.54, 1.807) is 24.3 Å². The number of aliphatic hydroxyl groups is 1. The average Bonchev–Trinajstić information content (AvgIpc) is 3.35. The first-order valence-corrected chi connectivity index (χ1v) is 14.3. The molecule has 2 saturated heterocycles. The Morgan fingerprint density at radius 3 is 2.42 bits per heavy atom. The largest absolute Gasteiger partial charge is 0.395 e. The van der Waals surface area contributed by atoms with Crippen LogP contribution in [-0.2, 0) is 10.0 Å². The molecule has 1 saturated carbocycles. The summed E-state index contributed by atoms with van der Waals surface area (Å²) in [6.45, 7) is 4.87. The first-order valence-electron chi connectivity index (χ1n) is 12.7. The lowest BCUT2D eigenvalue weighted by Crippen LogP contribution is -2.35. The topological polar surface area (TPSA) is 128 Å². The standard InChI is InChI=1S/C25H34N6O4S/c1-18-16-22(28-24(26-18)31-10-2-3-11-31)27-23(33)20-5-4-19(29-36(34,35)15-14-32)17-21(20)30-12-8-25(6-7-25)9-13-30/h4-5,16-17,29,32H,2-3,6-15H2,1H3,(H,26,27,28,33). The van der Waals surface area contributed by atoms with E-state index in [0.29, 0.717) is 34.1 Å². The number of piperidine rings is 1. The van der Waals surface area contributed by atoms with Crippen LogP contribution in [0.3, 0.4) is 0 Å². The molecule has 0 atom stereocenters. The molecule has 10 nitrogen and oxygen atoms in total. The highest BCUT2D eigenvalue weighted by atomic mass is 32.2. The molecule has 3 fully saturated rings. The average molecular weight is 515 g/mol. The molecule has 1 aliphatic carbocycles. The van der Waals surface area contributed by atoms with Gasteiger partial charge in [0.1, 0.15) is 5.82 Å². The summed E-state index contributed by atoms with van der Waals surface area (Å²) in [5.41, 5.74) is 2.77. The summed E-state index contributed by atoms with van der Waals surface area (Å²) in [6, 6.07) is 6.71. The molecule has 1 aromatic carbocycles. The zero-order valence-electron chi connectivity index (χ0n) is 20.7. The van der Waals surface area contributed by atoms with E-state index in [2.05, 4.69) is 29.8 Å². The summed E-state index contributed by atoms with van der Waals surface area (Å²) in [5.74, 6) is 0.390. The van der Waals surface area contributed by atoms with Crippen LogP contribution in [0.2, 0.25) is 0 Å². The Kier molecular flexibility index (Phi) is 6.78. The van der Waals surface area contributed by atoms with E-state index < -0.39 is 16.6 Å². The van der Waals surface area contributed by atoms with Crippen LogP contribution < -0.4 is 19.8 Å². The van der Waals surface area contributed by atoms with Gasteiger partial charge in [-0.15, -0.1) is 0 Å². The highest BCUT2D eigenvalue weighted by molar-refractivity contribution is 7.92. The molecule has 2 aromatic rings. The van der Waals surface area contributed by atoms with Gasteiger partial charge in [-0.25, -0.2) is 13.4 Å². The maximum absolute atomic E-state index is 13.5. The van der Waals surface area contributed by atoms with Gasteiger partial charge in [-0.3, -0.25) is 9.52 Å². The Balaban J connectivity index is 1.41. The van der Waals surface area contributed by atoms with Crippen LogP contribution in [0.5, 0.6) is 0 Å². The van der Waals surface area contributed by atoms with Gasteiger partial charge in [0.25, 0.3) is 5.91 Å². The number of aromatic nitrogens is 2. The predicted octanol–water partition coefficient (Wildman–Crippen LogP) is 2.75. The third kappa shape index (κ3) is 5.57. The fourth-order valence-corrected chi connectivity index (χ4v) is 5.99. The van der Waals surface area contributed by atoms with Gasteiger partial charge < -0.3 is 20.2 Å². The number of nitrogens with one attached hydrogen (secondary N) is 2. The SMILES string of the molecule is Cc1cc(NC(=O)c2ccc(NS(=O)(=O)CCO)cc2N2CCC3(CC2)CC3)nc(N2CCCC2)n1. The molecule has 0 radical (unpaired) electrons. The summed E-state index contributed by atoms with van der Waals surface area (Å²) < 4.78 is 27.0. The lowest BCUT2D eigenvalue weighted by atomic mass is 9.93. The molecule has 2 aliphatic heterocycles. The third-order valence-electron chi connectivity index (χ3n) is 7.47. The summed E-state index contributed by atoms with van der Waals surface area (Å²) in [7, 11) is -3.68. The maximum atomic E-state index is 13.5. The number of hydrogen-bond donors (Lipinski definition) is 3. The molecule has 1 amide bonds. The number of amides is 1. The van der Waals surface area contributed by atoms with Crippen LogP contribution >= 0.6 is 0 Å². The van der Waals surface area contributed by atoms with Crippen molar-refractivity contribution in [3.63, 3.8) is 0 Å². The minimum atomic E-state index is -3.68. The molecule has 36 heavy (non-hydrogen) atoms. The Bertz CT molecular complexity index is 1230. The molecule has 11 heteroatoms. The van der Waals surface area contributed by atoms with Crippen molar-refractivity contribution < 1.29 is 18.3 Å². The fourth-order valence-electron chi connectivity index (χ4n) is 5.16. The summed E-state index contributed by atoms with van der Waals surface area (Å²) in [6.07, 6.45) is 6.88. The van der Waals surface area contributed by atoms with Crippen LogP contribution in [0.15, 0.2) is 24.3 Å². The second-order valence-corrected chi connectivity index (χ2v) is 12.0. The molecule has 194 valence electrons. The van der Waals surface area contributed by atoms with Gasteiger partial charge in [-0.2, -0.15) is 4.98 Å². The Labute approximate surface area is 212 Å². The van der Waals surface area contributed by atoms with Crippen molar-refractivity contribution in [3.05, 3.63) is 35.5 Å². The van der Waals surface area contributed by atoms with Crippen molar-refractivity contribution in [2.75, 3.05) is 58.4 Å². The monoisotopic (exact) mass is 514 g/mol. The van der Waals surface area contributed by atoms with Crippen molar-refractivity contribution in [2.45, 2.75) is 45.4 Å². The van der Waals surface area contributed by atoms with Crippen LogP contribution in [0, 0.1) is 12.3 Å². The number of anilines is 4. The number of benzene rings is 1. The highest BCUT2D eigenvalue weighted by Gasteiger charge is 2.44. The van der Waals surface area contributed by atoms with Crippen LogP contribution in [0.25, 0.3) is 0 Å². The molecule has 1 spiro atoms. The number of nitrogens with zero attached hydrogens (tertiary/aromatic N) is 4. The summed E-state index contributed by atoms with van der Waals surface area (Å²) >= 11 is 0. The van der Waals surface area contributed by atoms with Gasteiger partial charge in [0.05, 0.1) is 29.3 Å². The molecular formula is C25H34N6O4S. The Hall–Kier alpha value is -2.92. The second-order valence-electron chi connectivity index (χ2n) is 10.2. The van der Waals surface area contributed by atoms with Gasteiger partial charge in [-0.05, 0) is 69.1 Å². The zero-order valence-corrected chi connectivity index (χ0v) is 21.5. The summed E-state index contributed by atoms with van der Waals surface area (Å²) in [5, 5.41) is 12.0. The quantitative estimate of drug-likeness (QED) is 0.491. The lowest BCUT2D eigenvalue weighted by molar-refractivity contribution is 0.102. The van der Waals surface area contributed by atoms with E-state index in [-0.39, 0.29) is 11.7 Å². The van der Waals surface area contributed by atoms with E-state index in [4.69, 9.17) is 5.11 Å². The van der Waals surface area contributed by atoms with Gasteiger partial charge in [0.15, 0.2) is 0 Å². The van der Waals surface area contributed by atoms with E-state index in [9.17, 15) is 13.2 Å². The molecule has 3 aliphatic rings. The third-order valence-corrected chi connectivity index (χ3v) is 8.74. The molecule has 3 heterocycles. The van der Waals surface area contributed by atoms with Gasteiger partial charge in [0.2, 0.25) is 16.0 Å². The van der Waals surface area contributed by atoms with Crippen LogP contribution in [-0.4, -0.2) is 67.9 Å². The Morgan fingerprint density at radius 2 is 1.75 bits per heavy atom. The van der Waals surface area contributed by atoms with E-state index >= 15 is 0 Å². The van der Waals surface area contributed by atoms with Crippen molar-refractivity contribution in [1.82, 2.24) is 9.97 Å². The molecule has 1 aromatic heterocycles. The predicted molar refractivity (Wildman–Crippen MR) is 140 cm³/mol. The van der Waals surface area contributed by atoms with Crippen LogP contribution in [0.1, 0.15) is 54.6 Å². The minimum Gasteiger partial charge on any atom is -0.395 e. The smallest absolute Gasteiger partial charge is 0.258 e. The number of carbonyl (C=O) groups excluding carboxylic acids is 1. The number of rotatable bonds is 8. The number of aryl methyl sites for hydroxylation is 1. The van der Waals surface area contributed by atoms with Crippen molar-refractivity contribution in [3.8, 4) is 0 Å². The number of sulfonamides is 1.